The number of aryl methyl sites for hydroxylation is 3. The average Bonchev–Trinajstić information content (AvgIpc) is 2.61. The molecule has 0 bridgehead atoms. The SMILES string of the molecule is Cc1ccc(S(=O)(=O)NC(=O)N2CCN(c3nc(C)cc(C)n3)CC2)cc1. The highest BCUT2D eigenvalue weighted by Gasteiger charge is 2.26. The minimum absolute atomic E-state index is 0.0729. The van der Waals surface area contributed by atoms with Crippen molar-refractivity contribution in [3.63, 3.8) is 0 Å². The number of amides is 2. The molecule has 1 fully saturated rings. The van der Waals surface area contributed by atoms with Crippen LogP contribution in [-0.4, -0.2) is 55.5 Å². The molecule has 2 heterocycles. The fourth-order valence-corrected chi connectivity index (χ4v) is 3.89. The van der Waals surface area contributed by atoms with Gasteiger partial charge < -0.3 is 9.80 Å². The molecule has 0 radical (unpaired) electrons. The van der Waals surface area contributed by atoms with Gasteiger partial charge in [0.05, 0.1) is 4.90 Å². The van der Waals surface area contributed by atoms with Gasteiger partial charge in [-0.05, 0) is 39.0 Å². The largest absolute Gasteiger partial charge is 0.337 e. The van der Waals surface area contributed by atoms with Crippen LogP contribution < -0.4 is 9.62 Å². The van der Waals surface area contributed by atoms with E-state index in [-0.39, 0.29) is 4.90 Å². The lowest BCUT2D eigenvalue weighted by atomic mass is 10.2. The van der Waals surface area contributed by atoms with Gasteiger partial charge in [-0.3, -0.25) is 0 Å². The van der Waals surface area contributed by atoms with Crippen LogP contribution in [0.25, 0.3) is 0 Å². The molecular weight excluding hydrogens is 366 g/mol. The van der Waals surface area contributed by atoms with Crippen LogP contribution in [0.15, 0.2) is 35.2 Å². The summed E-state index contributed by atoms with van der Waals surface area (Å²) >= 11 is 0. The number of nitrogens with one attached hydrogen (secondary N) is 1. The van der Waals surface area contributed by atoms with Gasteiger partial charge in [0.25, 0.3) is 10.0 Å². The summed E-state index contributed by atoms with van der Waals surface area (Å²) in [5.41, 5.74) is 2.73. The van der Waals surface area contributed by atoms with Crippen LogP contribution >= 0.6 is 0 Å². The summed E-state index contributed by atoms with van der Waals surface area (Å²) in [6.45, 7) is 7.57. The third-order valence-electron chi connectivity index (χ3n) is 4.37. The highest BCUT2D eigenvalue weighted by Crippen LogP contribution is 2.14. The van der Waals surface area contributed by atoms with Gasteiger partial charge in [-0.15, -0.1) is 0 Å². The molecular formula is C18H23N5O3S. The predicted octanol–water partition coefficient (Wildman–Crippen LogP) is 1.62. The second kappa shape index (κ2) is 7.51. The zero-order chi connectivity index (χ0) is 19.6. The third kappa shape index (κ3) is 4.54. The number of carbonyl (C=O) groups excluding carboxylic acids is 1. The van der Waals surface area contributed by atoms with Crippen molar-refractivity contribution in [2.75, 3.05) is 31.1 Å². The topological polar surface area (TPSA) is 95.5 Å². The zero-order valence-corrected chi connectivity index (χ0v) is 16.5. The molecule has 1 aromatic heterocycles. The minimum atomic E-state index is -3.88. The molecule has 3 rings (SSSR count). The second-order valence-corrected chi connectivity index (χ2v) is 8.33. The maximum Gasteiger partial charge on any atom is 0.331 e. The predicted molar refractivity (Wildman–Crippen MR) is 102 cm³/mol. The summed E-state index contributed by atoms with van der Waals surface area (Å²) in [6, 6.07) is 7.66. The number of sulfonamides is 1. The number of aromatic nitrogens is 2. The molecule has 144 valence electrons. The lowest BCUT2D eigenvalue weighted by Gasteiger charge is -2.34. The first-order valence-corrected chi connectivity index (χ1v) is 10.2. The van der Waals surface area contributed by atoms with Crippen LogP contribution in [0, 0.1) is 20.8 Å². The third-order valence-corrected chi connectivity index (χ3v) is 5.71. The van der Waals surface area contributed by atoms with Crippen molar-refractivity contribution >= 4 is 22.0 Å². The van der Waals surface area contributed by atoms with Gasteiger partial charge in [0.1, 0.15) is 0 Å². The molecule has 1 aliphatic heterocycles. The Morgan fingerprint density at radius 3 is 2.07 bits per heavy atom. The fraction of sp³-hybridized carbons (Fsp3) is 0.389. The number of piperazine rings is 1. The van der Waals surface area contributed by atoms with E-state index in [4.69, 9.17) is 0 Å². The Kier molecular flexibility index (Phi) is 5.31. The van der Waals surface area contributed by atoms with E-state index in [1.807, 2.05) is 31.7 Å². The van der Waals surface area contributed by atoms with Crippen molar-refractivity contribution in [2.45, 2.75) is 25.7 Å². The van der Waals surface area contributed by atoms with Gasteiger partial charge in [0.2, 0.25) is 5.95 Å². The Bertz CT molecular complexity index is 916. The summed E-state index contributed by atoms with van der Waals surface area (Å²) in [4.78, 5) is 24.8. The Hall–Kier alpha value is -2.68. The van der Waals surface area contributed by atoms with E-state index in [2.05, 4.69) is 14.7 Å². The maximum atomic E-state index is 12.4. The monoisotopic (exact) mass is 389 g/mol. The van der Waals surface area contributed by atoms with Gasteiger partial charge in [-0.25, -0.2) is 27.9 Å². The van der Waals surface area contributed by atoms with Crippen LogP contribution in [0.5, 0.6) is 0 Å². The van der Waals surface area contributed by atoms with Gasteiger partial charge in [-0.1, -0.05) is 17.7 Å². The normalized spacial score (nSPS) is 14.9. The van der Waals surface area contributed by atoms with Crippen LogP contribution in [0.3, 0.4) is 0 Å². The Balaban J connectivity index is 1.62. The van der Waals surface area contributed by atoms with Gasteiger partial charge in [-0.2, -0.15) is 0 Å². The molecule has 0 saturated carbocycles. The van der Waals surface area contributed by atoms with Crippen LogP contribution in [-0.2, 0) is 10.0 Å². The molecule has 2 aromatic rings. The summed E-state index contributed by atoms with van der Waals surface area (Å²) in [6.07, 6.45) is 0. The first-order chi connectivity index (χ1) is 12.7. The molecule has 0 spiro atoms. The number of carbonyl (C=O) groups is 1. The van der Waals surface area contributed by atoms with Crippen molar-refractivity contribution < 1.29 is 13.2 Å². The van der Waals surface area contributed by atoms with Crippen LogP contribution in [0.1, 0.15) is 17.0 Å². The molecule has 9 heteroatoms. The molecule has 1 saturated heterocycles. The number of urea groups is 1. The van der Waals surface area contributed by atoms with Gasteiger partial charge >= 0.3 is 6.03 Å². The quantitative estimate of drug-likeness (QED) is 0.857. The molecule has 2 amide bonds. The molecule has 27 heavy (non-hydrogen) atoms. The van der Waals surface area contributed by atoms with E-state index in [9.17, 15) is 13.2 Å². The zero-order valence-electron chi connectivity index (χ0n) is 15.6. The van der Waals surface area contributed by atoms with E-state index < -0.39 is 16.1 Å². The Labute approximate surface area is 159 Å². The molecule has 0 aliphatic carbocycles. The van der Waals surface area contributed by atoms with E-state index in [1.54, 1.807) is 12.1 Å². The van der Waals surface area contributed by atoms with Crippen molar-refractivity contribution in [2.24, 2.45) is 0 Å². The Morgan fingerprint density at radius 1 is 0.963 bits per heavy atom. The number of anilines is 1. The second-order valence-electron chi connectivity index (χ2n) is 6.65. The highest BCUT2D eigenvalue weighted by atomic mass is 32.2. The van der Waals surface area contributed by atoms with E-state index in [0.29, 0.717) is 32.1 Å². The van der Waals surface area contributed by atoms with Crippen molar-refractivity contribution in [1.82, 2.24) is 19.6 Å². The number of rotatable bonds is 3. The number of hydrogen-bond donors (Lipinski definition) is 1. The summed E-state index contributed by atoms with van der Waals surface area (Å²) < 4.78 is 26.9. The van der Waals surface area contributed by atoms with Crippen molar-refractivity contribution in [1.29, 1.82) is 0 Å². The fourth-order valence-electron chi connectivity index (χ4n) is 2.91. The van der Waals surface area contributed by atoms with Crippen molar-refractivity contribution in [3.05, 3.63) is 47.3 Å². The standard InChI is InChI=1S/C18H23N5O3S/c1-13-4-6-16(7-5-13)27(25,26)21-18(24)23-10-8-22(9-11-23)17-19-14(2)12-15(3)20-17/h4-7,12H,8-11H2,1-3H3,(H,21,24). The summed E-state index contributed by atoms with van der Waals surface area (Å²) in [7, 11) is -3.88. The minimum Gasteiger partial charge on any atom is -0.337 e. The van der Waals surface area contributed by atoms with E-state index in [1.165, 1.54) is 17.0 Å². The summed E-state index contributed by atoms with van der Waals surface area (Å²) in [5.74, 6) is 0.639. The molecule has 8 nitrogen and oxygen atoms in total. The van der Waals surface area contributed by atoms with Crippen molar-refractivity contribution in [3.8, 4) is 0 Å². The average molecular weight is 389 g/mol. The Morgan fingerprint density at radius 2 is 1.52 bits per heavy atom. The number of benzene rings is 1. The lowest BCUT2D eigenvalue weighted by molar-refractivity contribution is 0.200. The van der Waals surface area contributed by atoms with Crippen LogP contribution in [0.4, 0.5) is 10.7 Å². The lowest BCUT2D eigenvalue weighted by Crippen LogP contribution is -2.53. The van der Waals surface area contributed by atoms with Crippen LogP contribution in [0.2, 0.25) is 0 Å². The molecule has 1 aliphatic rings. The first kappa shape index (κ1) is 19.1. The maximum absolute atomic E-state index is 12.4. The van der Waals surface area contributed by atoms with E-state index >= 15 is 0 Å². The van der Waals surface area contributed by atoms with E-state index in [0.717, 1.165) is 17.0 Å². The van der Waals surface area contributed by atoms with Gasteiger partial charge in [0, 0.05) is 37.6 Å². The smallest absolute Gasteiger partial charge is 0.331 e. The molecule has 0 unspecified atom stereocenters. The highest BCUT2D eigenvalue weighted by molar-refractivity contribution is 7.90. The molecule has 1 N–H and O–H groups in total. The number of hydrogen-bond acceptors (Lipinski definition) is 6. The first-order valence-electron chi connectivity index (χ1n) is 8.70. The summed E-state index contributed by atoms with van der Waals surface area (Å²) in [5, 5.41) is 0. The molecule has 1 aromatic carbocycles. The van der Waals surface area contributed by atoms with Gasteiger partial charge in [0.15, 0.2) is 0 Å². The molecule has 0 atom stereocenters. The number of nitrogens with zero attached hydrogens (tertiary/aromatic N) is 4.